The number of anilines is 1. The van der Waals surface area contributed by atoms with Crippen molar-refractivity contribution in [2.45, 2.75) is 25.6 Å². The third kappa shape index (κ3) is 3.51. The van der Waals surface area contributed by atoms with E-state index in [0.29, 0.717) is 13.0 Å². The van der Waals surface area contributed by atoms with Crippen molar-refractivity contribution in [3.63, 3.8) is 0 Å². The first-order valence-corrected chi connectivity index (χ1v) is 9.45. The molecule has 1 aliphatic rings. The van der Waals surface area contributed by atoms with E-state index in [1.807, 2.05) is 85.8 Å². The minimum Gasteiger partial charge on any atom is -0.438 e. The minimum absolute atomic E-state index is 0.00402. The molecule has 1 saturated heterocycles. The zero-order valence-electron chi connectivity index (χ0n) is 15.8. The molecule has 1 unspecified atom stereocenters. The number of rotatable bonds is 4. The Morgan fingerprint density at radius 3 is 2.39 bits per heavy atom. The van der Waals surface area contributed by atoms with Crippen LogP contribution in [0, 0.1) is 0 Å². The molecule has 0 saturated carbocycles. The number of nitrogens with zero attached hydrogens (tertiary/aromatic N) is 1. The summed E-state index contributed by atoms with van der Waals surface area (Å²) in [4.78, 5) is 14.5. The van der Waals surface area contributed by atoms with Crippen molar-refractivity contribution in [2.75, 3.05) is 11.4 Å². The Morgan fingerprint density at radius 2 is 1.68 bits per heavy atom. The van der Waals surface area contributed by atoms with Crippen LogP contribution in [-0.2, 0) is 16.9 Å². The third-order valence-corrected chi connectivity index (χ3v) is 5.33. The second kappa shape index (κ2) is 7.49. The summed E-state index contributed by atoms with van der Waals surface area (Å²) < 4.78 is 5.86. The van der Waals surface area contributed by atoms with E-state index in [9.17, 15) is 9.90 Å². The van der Waals surface area contributed by atoms with Crippen molar-refractivity contribution < 1.29 is 14.6 Å². The highest BCUT2D eigenvalue weighted by Crippen LogP contribution is 2.36. The SMILES string of the molecule is CC1(c2ccccc2)CCN(c2cccc(-c3cccc(CO)c3)c2)C(=O)O1. The summed E-state index contributed by atoms with van der Waals surface area (Å²) in [7, 11) is 0. The number of amides is 1. The van der Waals surface area contributed by atoms with Gasteiger partial charge in [0.25, 0.3) is 0 Å². The Labute approximate surface area is 165 Å². The third-order valence-electron chi connectivity index (χ3n) is 5.33. The van der Waals surface area contributed by atoms with Gasteiger partial charge in [-0.1, -0.05) is 60.7 Å². The summed E-state index contributed by atoms with van der Waals surface area (Å²) in [6.07, 6.45) is 0.381. The predicted molar refractivity (Wildman–Crippen MR) is 110 cm³/mol. The van der Waals surface area contributed by atoms with Gasteiger partial charge in [-0.25, -0.2) is 4.79 Å². The molecule has 1 heterocycles. The van der Waals surface area contributed by atoms with Crippen LogP contribution in [0.1, 0.15) is 24.5 Å². The highest BCUT2D eigenvalue weighted by atomic mass is 16.6. The average Bonchev–Trinajstić information content (AvgIpc) is 2.74. The molecule has 1 fully saturated rings. The largest absolute Gasteiger partial charge is 0.438 e. The molecular formula is C24H23NO3. The van der Waals surface area contributed by atoms with Gasteiger partial charge in [0.05, 0.1) is 6.61 Å². The van der Waals surface area contributed by atoms with Gasteiger partial charge < -0.3 is 9.84 Å². The fourth-order valence-electron chi connectivity index (χ4n) is 3.65. The summed E-state index contributed by atoms with van der Waals surface area (Å²) in [5.74, 6) is 0. The maximum absolute atomic E-state index is 12.8. The molecule has 1 N–H and O–H groups in total. The van der Waals surface area contributed by atoms with E-state index in [-0.39, 0.29) is 12.7 Å². The van der Waals surface area contributed by atoms with E-state index in [4.69, 9.17) is 4.74 Å². The molecule has 0 aromatic heterocycles. The average molecular weight is 373 g/mol. The van der Waals surface area contributed by atoms with E-state index in [1.165, 1.54) is 0 Å². The Kier molecular flexibility index (Phi) is 4.88. The van der Waals surface area contributed by atoms with Crippen molar-refractivity contribution in [3.8, 4) is 11.1 Å². The Balaban J connectivity index is 1.58. The molecule has 3 aromatic rings. The summed E-state index contributed by atoms with van der Waals surface area (Å²) in [6.45, 7) is 2.56. The maximum atomic E-state index is 12.8. The van der Waals surface area contributed by atoms with Crippen molar-refractivity contribution in [1.29, 1.82) is 0 Å². The number of carbonyl (C=O) groups excluding carboxylic acids is 1. The lowest BCUT2D eigenvalue weighted by Crippen LogP contribution is -2.46. The fraction of sp³-hybridized carbons (Fsp3) is 0.208. The smallest absolute Gasteiger partial charge is 0.415 e. The fourth-order valence-corrected chi connectivity index (χ4v) is 3.65. The molecule has 1 atom stereocenters. The van der Waals surface area contributed by atoms with Gasteiger partial charge in [-0.2, -0.15) is 0 Å². The van der Waals surface area contributed by atoms with Crippen molar-refractivity contribution in [1.82, 2.24) is 0 Å². The van der Waals surface area contributed by atoms with Crippen LogP contribution in [0.2, 0.25) is 0 Å². The molecule has 4 nitrogen and oxygen atoms in total. The Hall–Kier alpha value is -3.11. The standard InChI is InChI=1S/C24H23NO3/c1-24(21-10-3-2-4-11-21)13-14-25(23(27)28-24)22-12-6-9-20(16-22)19-8-5-7-18(15-19)17-26/h2-12,15-16,26H,13-14,17H2,1H3. The van der Waals surface area contributed by atoms with Crippen LogP contribution in [0.5, 0.6) is 0 Å². The Morgan fingerprint density at radius 1 is 0.964 bits per heavy atom. The number of aliphatic hydroxyl groups excluding tert-OH is 1. The van der Waals surface area contributed by atoms with E-state index in [0.717, 1.165) is 27.9 Å². The second-order valence-corrected chi connectivity index (χ2v) is 7.28. The predicted octanol–water partition coefficient (Wildman–Crippen LogP) is 5.11. The normalized spacial score (nSPS) is 19.4. The highest BCUT2D eigenvalue weighted by Gasteiger charge is 2.38. The zero-order valence-corrected chi connectivity index (χ0v) is 15.8. The van der Waals surface area contributed by atoms with Crippen LogP contribution in [-0.4, -0.2) is 17.7 Å². The summed E-state index contributed by atoms with van der Waals surface area (Å²) in [6, 6.07) is 25.5. The van der Waals surface area contributed by atoms with Crippen LogP contribution < -0.4 is 4.90 Å². The molecule has 1 aliphatic heterocycles. The molecule has 0 aliphatic carbocycles. The monoisotopic (exact) mass is 373 g/mol. The number of hydrogen-bond acceptors (Lipinski definition) is 3. The van der Waals surface area contributed by atoms with E-state index in [1.54, 1.807) is 4.90 Å². The first-order valence-electron chi connectivity index (χ1n) is 9.45. The zero-order chi connectivity index (χ0) is 19.6. The van der Waals surface area contributed by atoms with Gasteiger partial charge >= 0.3 is 6.09 Å². The molecule has 1 amide bonds. The number of cyclic esters (lactones) is 1. The van der Waals surface area contributed by atoms with Crippen LogP contribution in [0.25, 0.3) is 11.1 Å². The van der Waals surface area contributed by atoms with Crippen LogP contribution >= 0.6 is 0 Å². The van der Waals surface area contributed by atoms with Gasteiger partial charge in [0.15, 0.2) is 0 Å². The molecule has 3 aromatic carbocycles. The quantitative estimate of drug-likeness (QED) is 0.691. The van der Waals surface area contributed by atoms with Gasteiger partial charge in [-0.15, -0.1) is 0 Å². The minimum atomic E-state index is -0.609. The maximum Gasteiger partial charge on any atom is 0.415 e. The summed E-state index contributed by atoms with van der Waals surface area (Å²) in [5, 5.41) is 9.38. The molecule has 0 spiro atoms. The van der Waals surface area contributed by atoms with E-state index < -0.39 is 5.60 Å². The molecular weight excluding hydrogens is 350 g/mol. The van der Waals surface area contributed by atoms with Gasteiger partial charge in [-0.3, -0.25) is 4.90 Å². The van der Waals surface area contributed by atoms with Crippen LogP contribution in [0.3, 0.4) is 0 Å². The molecule has 0 radical (unpaired) electrons. The van der Waals surface area contributed by atoms with Gasteiger partial charge in [0, 0.05) is 18.7 Å². The lowest BCUT2D eigenvalue weighted by atomic mass is 9.91. The molecule has 28 heavy (non-hydrogen) atoms. The lowest BCUT2D eigenvalue weighted by Gasteiger charge is -2.39. The number of aliphatic hydroxyl groups is 1. The first kappa shape index (κ1) is 18.3. The molecule has 0 bridgehead atoms. The molecule has 4 rings (SSSR count). The van der Waals surface area contributed by atoms with E-state index >= 15 is 0 Å². The van der Waals surface area contributed by atoms with Gasteiger partial charge in [-0.05, 0) is 47.4 Å². The second-order valence-electron chi connectivity index (χ2n) is 7.28. The van der Waals surface area contributed by atoms with Gasteiger partial charge in [0.2, 0.25) is 0 Å². The lowest BCUT2D eigenvalue weighted by molar-refractivity contribution is 0.00583. The first-order chi connectivity index (χ1) is 13.6. The van der Waals surface area contributed by atoms with Gasteiger partial charge in [0.1, 0.15) is 5.60 Å². The van der Waals surface area contributed by atoms with Crippen molar-refractivity contribution >= 4 is 11.8 Å². The molecule has 142 valence electrons. The van der Waals surface area contributed by atoms with Crippen molar-refractivity contribution in [3.05, 3.63) is 90.0 Å². The summed E-state index contributed by atoms with van der Waals surface area (Å²) in [5.41, 5.74) is 4.08. The summed E-state index contributed by atoms with van der Waals surface area (Å²) >= 11 is 0. The number of benzene rings is 3. The Bertz CT molecular complexity index is 986. The number of ether oxygens (including phenoxy) is 1. The number of hydrogen-bond donors (Lipinski definition) is 1. The van der Waals surface area contributed by atoms with E-state index in [2.05, 4.69) is 0 Å². The topological polar surface area (TPSA) is 49.8 Å². The van der Waals surface area contributed by atoms with Crippen molar-refractivity contribution in [2.24, 2.45) is 0 Å². The molecule has 4 heteroatoms. The van der Waals surface area contributed by atoms with Crippen LogP contribution in [0.4, 0.5) is 10.5 Å². The number of carbonyl (C=O) groups is 1. The van der Waals surface area contributed by atoms with Crippen LogP contribution in [0.15, 0.2) is 78.9 Å². The highest BCUT2D eigenvalue weighted by molar-refractivity contribution is 5.89.